The molecule has 2 aromatic rings. The van der Waals surface area contributed by atoms with E-state index in [4.69, 9.17) is 23.2 Å². The van der Waals surface area contributed by atoms with Gasteiger partial charge in [0, 0.05) is 15.6 Å². The lowest BCUT2D eigenvalue weighted by Gasteiger charge is -2.20. The molecule has 0 saturated heterocycles. The lowest BCUT2D eigenvalue weighted by Crippen LogP contribution is -2.23. The van der Waals surface area contributed by atoms with E-state index in [0.29, 0.717) is 31.5 Å². The Morgan fingerprint density at radius 1 is 1.20 bits per heavy atom. The molecule has 1 aromatic carbocycles. The number of aldehydes is 1. The van der Waals surface area contributed by atoms with E-state index in [1.54, 1.807) is 22.9 Å². The highest BCUT2D eigenvalue weighted by Crippen LogP contribution is 2.33. The second kappa shape index (κ2) is 5.51. The number of carbonyl (C=O) groups is 1. The smallest absolute Gasteiger partial charge is 0.155 e. The van der Waals surface area contributed by atoms with E-state index in [1.165, 1.54) is 0 Å². The van der Waals surface area contributed by atoms with E-state index >= 15 is 0 Å². The molecule has 6 heteroatoms. The number of hydrogen-bond donors (Lipinski definition) is 0. The Bertz CT molecular complexity index is 654. The third-order valence-electron chi connectivity index (χ3n) is 2.75. The highest BCUT2D eigenvalue weighted by Gasteiger charge is 2.24. The fourth-order valence-corrected chi connectivity index (χ4v) is 3.28. The molecule has 0 atom stereocenters. The van der Waals surface area contributed by atoms with Gasteiger partial charge in [0.15, 0.2) is 6.29 Å². The average molecular weight is 376 g/mol. The molecule has 0 amide bonds. The first-order valence-electron chi connectivity index (χ1n) is 5.94. The summed E-state index contributed by atoms with van der Waals surface area (Å²) >= 11 is 15.5. The fourth-order valence-electron chi connectivity index (χ4n) is 1.86. The summed E-state index contributed by atoms with van der Waals surface area (Å²) in [5.41, 5.74) is 1.51. The van der Waals surface area contributed by atoms with Crippen molar-refractivity contribution < 1.29 is 4.79 Å². The molecular weight excluding hydrogens is 363 g/mol. The van der Waals surface area contributed by atoms with Gasteiger partial charge in [-0.2, -0.15) is 5.10 Å². The molecule has 0 N–H and O–H groups in total. The quantitative estimate of drug-likeness (QED) is 0.677. The second-order valence-corrected chi connectivity index (χ2v) is 7.04. The maximum Gasteiger partial charge on any atom is 0.155 e. The average Bonchev–Trinajstić information content (AvgIpc) is 2.64. The van der Waals surface area contributed by atoms with Crippen LogP contribution in [-0.4, -0.2) is 16.1 Å². The SMILES string of the molecule is CC(C)(C)n1nc(-c2cc(Cl)cc(Cl)c2)c(C=O)c1Br. The number of hydrogen-bond acceptors (Lipinski definition) is 2. The Morgan fingerprint density at radius 2 is 1.75 bits per heavy atom. The molecule has 0 aliphatic heterocycles. The number of nitrogens with zero attached hydrogens (tertiary/aromatic N) is 2. The maximum atomic E-state index is 11.4. The highest BCUT2D eigenvalue weighted by atomic mass is 79.9. The van der Waals surface area contributed by atoms with Gasteiger partial charge in [0.2, 0.25) is 0 Å². The topological polar surface area (TPSA) is 34.9 Å². The van der Waals surface area contributed by atoms with Crippen molar-refractivity contribution in [3.05, 3.63) is 38.4 Å². The van der Waals surface area contributed by atoms with Crippen LogP contribution in [0.5, 0.6) is 0 Å². The van der Waals surface area contributed by atoms with Crippen LogP contribution in [0.3, 0.4) is 0 Å². The predicted octanol–water partition coefficient (Wildman–Crippen LogP) is 5.19. The van der Waals surface area contributed by atoms with Crippen LogP contribution in [0.1, 0.15) is 31.1 Å². The molecule has 0 unspecified atom stereocenters. The van der Waals surface area contributed by atoms with Gasteiger partial charge < -0.3 is 0 Å². The summed E-state index contributed by atoms with van der Waals surface area (Å²) in [6.45, 7) is 6.02. The maximum absolute atomic E-state index is 11.4. The number of benzene rings is 1. The molecule has 0 spiro atoms. The second-order valence-electron chi connectivity index (χ2n) is 5.41. The van der Waals surface area contributed by atoms with Crippen molar-refractivity contribution in [3.8, 4) is 11.3 Å². The van der Waals surface area contributed by atoms with Crippen LogP contribution in [0.4, 0.5) is 0 Å². The molecule has 0 aliphatic carbocycles. The molecule has 20 heavy (non-hydrogen) atoms. The lowest BCUT2D eigenvalue weighted by molar-refractivity contribution is 0.112. The molecule has 0 aliphatic rings. The Morgan fingerprint density at radius 3 is 2.20 bits per heavy atom. The summed E-state index contributed by atoms with van der Waals surface area (Å²) in [6, 6.07) is 5.12. The zero-order chi connectivity index (χ0) is 15.1. The van der Waals surface area contributed by atoms with Gasteiger partial charge in [0.25, 0.3) is 0 Å². The monoisotopic (exact) mass is 374 g/mol. The zero-order valence-electron chi connectivity index (χ0n) is 11.2. The van der Waals surface area contributed by atoms with Crippen molar-refractivity contribution >= 4 is 45.4 Å². The first-order chi connectivity index (χ1) is 9.24. The summed E-state index contributed by atoms with van der Waals surface area (Å²) < 4.78 is 2.41. The zero-order valence-corrected chi connectivity index (χ0v) is 14.3. The predicted molar refractivity (Wildman–Crippen MR) is 85.8 cm³/mol. The van der Waals surface area contributed by atoms with Crippen molar-refractivity contribution in [3.63, 3.8) is 0 Å². The number of halogens is 3. The largest absolute Gasteiger partial charge is 0.298 e. The molecule has 1 aromatic heterocycles. The lowest BCUT2D eigenvalue weighted by atomic mass is 10.1. The molecule has 106 valence electrons. The van der Waals surface area contributed by atoms with E-state index in [1.807, 2.05) is 20.8 Å². The van der Waals surface area contributed by atoms with Crippen LogP contribution < -0.4 is 0 Å². The van der Waals surface area contributed by atoms with Crippen molar-refractivity contribution in [2.45, 2.75) is 26.3 Å². The first kappa shape index (κ1) is 15.5. The van der Waals surface area contributed by atoms with Crippen molar-refractivity contribution in [1.82, 2.24) is 9.78 Å². The highest BCUT2D eigenvalue weighted by molar-refractivity contribution is 9.10. The van der Waals surface area contributed by atoms with E-state index in [2.05, 4.69) is 21.0 Å². The Balaban J connectivity index is 2.71. The minimum absolute atomic E-state index is 0.253. The third-order valence-corrected chi connectivity index (χ3v) is 3.95. The van der Waals surface area contributed by atoms with Gasteiger partial charge >= 0.3 is 0 Å². The first-order valence-corrected chi connectivity index (χ1v) is 7.49. The van der Waals surface area contributed by atoms with Gasteiger partial charge in [0.05, 0.1) is 11.1 Å². The van der Waals surface area contributed by atoms with Crippen molar-refractivity contribution in [1.29, 1.82) is 0 Å². The summed E-state index contributed by atoms with van der Waals surface area (Å²) in [5, 5.41) is 5.54. The van der Waals surface area contributed by atoms with Gasteiger partial charge in [-0.15, -0.1) is 0 Å². The number of aromatic nitrogens is 2. The van der Waals surface area contributed by atoms with E-state index in [-0.39, 0.29) is 5.54 Å². The molecular formula is C14H13BrCl2N2O. The van der Waals surface area contributed by atoms with E-state index in [0.717, 1.165) is 6.29 Å². The third kappa shape index (κ3) is 2.92. The summed E-state index contributed by atoms with van der Waals surface area (Å²) in [6.07, 6.45) is 0.781. The van der Waals surface area contributed by atoms with Gasteiger partial charge in [-0.25, -0.2) is 0 Å². The van der Waals surface area contributed by atoms with Crippen LogP contribution in [0.2, 0.25) is 10.0 Å². The van der Waals surface area contributed by atoms with E-state index < -0.39 is 0 Å². The Labute approximate surface area is 136 Å². The molecule has 0 bridgehead atoms. The van der Waals surface area contributed by atoms with E-state index in [9.17, 15) is 4.79 Å². The van der Waals surface area contributed by atoms with Crippen LogP contribution in [0.15, 0.2) is 22.8 Å². The Kier molecular flexibility index (Phi) is 4.28. The molecule has 0 saturated carbocycles. The molecule has 0 fully saturated rings. The van der Waals surface area contributed by atoms with Gasteiger partial charge in [0.1, 0.15) is 10.3 Å². The number of carbonyl (C=O) groups excluding carboxylic acids is 1. The van der Waals surface area contributed by atoms with Crippen LogP contribution >= 0.6 is 39.1 Å². The van der Waals surface area contributed by atoms with Gasteiger partial charge in [-0.05, 0) is 54.9 Å². The molecule has 0 radical (unpaired) electrons. The number of rotatable bonds is 2. The van der Waals surface area contributed by atoms with Gasteiger partial charge in [-0.1, -0.05) is 23.2 Å². The fraction of sp³-hybridized carbons (Fsp3) is 0.286. The molecule has 3 nitrogen and oxygen atoms in total. The van der Waals surface area contributed by atoms with Gasteiger partial charge in [-0.3, -0.25) is 9.48 Å². The van der Waals surface area contributed by atoms with Crippen LogP contribution in [0.25, 0.3) is 11.3 Å². The van der Waals surface area contributed by atoms with Crippen molar-refractivity contribution in [2.24, 2.45) is 0 Å². The molecule has 1 heterocycles. The minimum atomic E-state index is -0.253. The van der Waals surface area contributed by atoms with Crippen molar-refractivity contribution in [2.75, 3.05) is 0 Å². The summed E-state index contributed by atoms with van der Waals surface area (Å²) in [4.78, 5) is 11.4. The summed E-state index contributed by atoms with van der Waals surface area (Å²) in [7, 11) is 0. The normalized spacial score (nSPS) is 11.7. The minimum Gasteiger partial charge on any atom is -0.298 e. The standard InChI is InChI=1S/C14H13BrCl2N2O/c1-14(2,3)19-13(15)11(7-20)12(18-19)8-4-9(16)6-10(17)5-8/h4-7H,1-3H3. The Hall–Kier alpha value is -0.840. The molecule has 2 rings (SSSR count). The summed E-state index contributed by atoms with van der Waals surface area (Å²) in [5.74, 6) is 0. The van der Waals surface area contributed by atoms with Crippen LogP contribution in [-0.2, 0) is 5.54 Å². The van der Waals surface area contributed by atoms with Crippen LogP contribution in [0, 0.1) is 0 Å².